The molecule has 1 aromatic carbocycles. The molecule has 0 aliphatic carbocycles. The first-order valence-electron chi connectivity index (χ1n) is 10.4. The highest BCUT2D eigenvalue weighted by Gasteiger charge is 2.21. The minimum Gasteiger partial charge on any atom is -0.357 e. The summed E-state index contributed by atoms with van der Waals surface area (Å²) >= 11 is 0. The van der Waals surface area contributed by atoms with Gasteiger partial charge in [0.25, 0.3) is 0 Å². The molecule has 2 rings (SSSR count). The molecule has 1 saturated heterocycles. The van der Waals surface area contributed by atoms with E-state index in [4.69, 9.17) is 4.99 Å². The van der Waals surface area contributed by atoms with Crippen molar-refractivity contribution in [1.29, 1.82) is 0 Å². The Balaban J connectivity index is 0.00000420. The fraction of sp³-hybridized carbons (Fsp3) is 0.636. The lowest BCUT2D eigenvalue weighted by Crippen LogP contribution is -2.52. The van der Waals surface area contributed by atoms with Crippen molar-refractivity contribution < 1.29 is 4.79 Å². The minimum atomic E-state index is -0.359. The number of aryl methyl sites for hydroxylation is 1. The van der Waals surface area contributed by atoms with Gasteiger partial charge in [0.05, 0.1) is 6.54 Å². The molecule has 0 atom stereocenters. The molecule has 1 aliphatic heterocycles. The highest BCUT2D eigenvalue weighted by atomic mass is 127. The van der Waals surface area contributed by atoms with E-state index in [-0.39, 0.29) is 35.3 Å². The minimum absolute atomic E-state index is 0. The van der Waals surface area contributed by atoms with Gasteiger partial charge in [0, 0.05) is 51.2 Å². The summed E-state index contributed by atoms with van der Waals surface area (Å²) in [6, 6.07) is 8.75. The third-order valence-corrected chi connectivity index (χ3v) is 4.84. The van der Waals surface area contributed by atoms with Crippen LogP contribution < -0.4 is 10.6 Å². The van der Waals surface area contributed by atoms with Crippen molar-refractivity contribution in [3.05, 3.63) is 35.4 Å². The number of carbonyl (C=O) groups excluding carboxylic acids is 1. The number of aliphatic imine (C=N–C) groups is 1. The Morgan fingerprint density at radius 3 is 2.41 bits per heavy atom. The van der Waals surface area contributed by atoms with E-state index < -0.39 is 0 Å². The number of hydrogen-bond donors (Lipinski definition) is 2. The Labute approximate surface area is 193 Å². The number of piperazine rings is 1. The highest BCUT2D eigenvalue weighted by Crippen LogP contribution is 2.12. The summed E-state index contributed by atoms with van der Waals surface area (Å²) in [7, 11) is 0. The second kappa shape index (κ2) is 12.4. The first kappa shape index (κ1) is 25.7. The van der Waals surface area contributed by atoms with Gasteiger partial charge in [-0.1, -0.05) is 50.6 Å². The second-order valence-electron chi connectivity index (χ2n) is 8.49. The fourth-order valence-electron chi connectivity index (χ4n) is 3.21. The van der Waals surface area contributed by atoms with Crippen LogP contribution in [-0.2, 0) is 11.3 Å². The van der Waals surface area contributed by atoms with E-state index in [1.54, 1.807) is 0 Å². The van der Waals surface area contributed by atoms with Crippen molar-refractivity contribution >= 4 is 35.8 Å². The molecular formula is C22H38IN5O. The molecule has 6 nitrogen and oxygen atoms in total. The number of nitrogens with one attached hydrogen (secondary N) is 2. The molecule has 0 spiro atoms. The summed E-state index contributed by atoms with van der Waals surface area (Å²) in [5, 5.41) is 6.35. The van der Waals surface area contributed by atoms with Gasteiger partial charge >= 0.3 is 0 Å². The van der Waals surface area contributed by atoms with E-state index in [2.05, 4.69) is 58.5 Å². The summed E-state index contributed by atoms with van der Waals surface area (Å²) in [6.45, 7) is 17.0. The lowest BCUT2D eigenvalue weighted by atomic mass is 9.96. The van der Waals surface area contributed by atoms with Crippen LogP contribution in [0.5, 0.6) is 0 Å². The smallest absolute Gasteiger partial charge is 0.225 e. The number of carbonyl (C=O) groups is 1. The van der Waals surface area contributed by atoms with E-state index in [9.17, 15) is 4.79 Å². The predicted octanol–water partition coefficient (Wildman–Crippen LogP) is 2.86. The molecule has 0 saturated carbocycles. The normalized spacial score (nSPS) is 15.6. The summed E-state index contributed by atoms with van der Waals surface area (Å²) < 4.78 is 0. The molecule has 164 valence electrons. The molecule has 29 heavy (non-hydrogen) atoms. The summed E-state index contributed by atoms with van der Waals surface area (Å²) in [4.78, 5) is 21.5. The zero-order chi connectivity index (χ0) is 20.6. The maximum absolute atomic E-state index is 12.0. The van der Waals surface area contributed by atoms with Gasteiger partial charge in [-0.25, -0.2) is 0 Å². The van der Waals surface area contributed by atoms with Gasteiger partial charge < -0.3 is 15.5 Å². The Bertz CT molecular complexity index is 663. The summed E-state index contributed by atoms with van der Waals surface area (Å²) in [5.74, 6) is 1.01. The van der Waals surface area contributed by atoms with Gasteiger partial charge in [-0.2, -0.15) is 0 Å². The fourth-order valence-corrected chi connectivity index (χ4v) is 3.21. The maximum atomic E-state index is 12.0. The van der Waals surface area contributed by atoms with Crippen LogP contribution in [-0.4, -0.2) is 67.5 Å². The third kappa shape index (κ3) is 8.90. The van der Waals surface area contributed by atoms with Crippen LogP contribution in [0.25, 0.3) is 0 Å². The maximum Gasteiger partial charge on any atom is 0.225 e. The zero-order valence-electron chi connectivity index (χ0n) is 18.6. The highest BCUT2D eigenvalue weighted by molar-refractivity contribution is 14.0. The van der Waals surface area contributed by atoms with Gasteiger partial charge in [-0.3, -0.25) is 14.7 Å². The van der Waals surface area contributed by atoms with Crippen LogP contribution in [0.15, 0.2) is 29.3 Å². The number of nitrogens with zero attached hydrogens (tertiary/aromatic N) is 3. The SMILES string of the molecule is CCNC(=NCCNC(=O)C(C)(C)C)N1CCN(Cc2cccc(C)c2)CC1.I. The average Bonchev–Trinajstić information content (AvgIpc) is 2.64. The van der Waals surface area contributed by atoms with E-state index in [1.165, 1.54) is 11.1 Å². The van der Waals surface area contributed by atoms with Crippen LogP contribution in [0.2, 0.25) is 0 Å². The Morgan fingerprint density at radius 2 is 1.83 bits per heavy atom. The Hall–Kier alpha value is -1.35. The lowest BCUT2D eigenvalue weighted by Gasteiger charge is -2.36. The topological polar surface area (TPSA) is 60.0 Å². The molecule has 1 heterocycles. The molecule has 2 N–H and O–H groups in total. The summed E-state index contributed by atoms with van der Waals surface area (Å²) in [6.07, 6.45) is 0. The average molecular weight is 515 g/mol. The number of amides is 1. The molecule has 0 unspecified atom stereocenters. The van der Waals surface area contributed by atoms with E-state index >= 15 is 0 Å². The standard InChI is InChI=1S/C22H37N5O.HI/c1-6-23-21(25-11-10-24-20(28)22(3,4)5)27-14-12-26(13-15-27)17-19-9-7-8-18(2)16-19;/h7-9,16H,6,10-15,17H2,1-5H3,(H,23,25)(H,24,28);1H. The van der Waals surface area contributed by atoms with Crippen molar-refractivity contribution in [2.75, 3.05) is 45.8 Å². The quantitative estimate of drug-likeness (QED) is 0.265. The first-order valence-corrected chi connectivity index (χ1v) is 10.4. The third-order valence-electron chi connectivity index (χ3n) is 4.84. The Kier molecular flexibility index (Phi) is 11.0. The second-order valence-corrected chi connectivity index (χ2v) is 8.49. The molecule has 1 fully saturated rings. The Morgan fingerprint density at radius 1 is 1.14 bits per heavy atom. The monoisotopic (exact) mass is 515 g/mol. The number of benzene rings is 1. The van der Waals surface area contributed by atoms with Gasteiger partial charge in [-0.05, 0) is 19.4 Å². The molecule has 7 heteroatoms. The van der Waals surface area contributed by atoms with Gasteiger partial charge in [0.15, 0.2) is 5.96 Å². The van der Waals surface area contributed by atoms with Crippen LogP contribution in [0.3, 0.4) is 0 Å². The van der Waals surface area contributed by atoms with E-state index in [1.807, 2.05) is 20.8 Å². The van der Waals surface area contributed by atoms with Gasteiger partial charge in [0.1, 0.15) is 0 Å². The molecular weight excluding hydrogens is 477 g/mol. The number of hydrogen-bond acceptors (Lipinski definition) is 3. The van der Waals surface area contributed by atoms with Gasteiger partial charge in [0.2, 0.25) is 5.91 Å². The number of halogens is 1. The molecule has 0 bridgehead atoms. The predicted molar refractivity (Wildman–Crippen MR) is 132 cm³/mol. The van der Waals surface area contributed by atoms with Crippen LogP contribution >= 0.6 is 24.0 Å². The van der Waals surface area contributed by atoms with Crippen LogP contribution in [0.1, 0.15) is 38.8 Å². The number of rotatable bonds is 6. The lowest BCUT2D eigenvalue weighted by molar-refractivity contribution is -0.128. The van der Waals surface area contributed by atoms with Crippen molar-refractivity contribution in [2.45, 2.75) is 41.2 Å². The molecule has 1 aliphatic rings. The van der Waals surface area contributed by atoms with E-state index in [0.29, 0.717) is 13.1 Å². The molecule has 0 aromatic heterocycles. The molecule has 1 aromatic rings. The van der Waals surface area contributed by atoms with Crippen LogP contribution in [0, 0.1) is 12.3 Å². The van der Waals surface area contributed by atoms with Crippen molar-refractivity contribution in [2.24, 2.45) is 10.4 Å². The van der Waals surface area contributed by atoms with Crippen LogP contribution in [0.4, 0.5) is 0 Å². The molecule has 0 radical (unpaired) electrons. The van der Waals surface area contributed by atoms with Crippen molar-refractivity contribution in [3.8, 4) is 0 Å². The van der Waals surface area contributed by atoms with Crippen molar-refractivity contribution in [1.82, 2.24) is 20.4 Å². The number of guanidine groups is 1. The first-order chi connectivity index (χ1) is 13.3. The largest absolute Gasteiger partial charge is 0.357 e. The zero-order valence-corrected chi connectivity index (χ0v) is 21.0. The van der Waals surface area contributed by atoms with Crippen molar-refractivity contribution in [3.63, 3.8) is 0 Å². The van der Waals surface area contributed by atoms with E-state index in [0.717, 1.165) is 45.2 Å². The summed E-state index contributed by atoms with van der Waals surface area (Å²) in [5.41, 5.74) is 2.34. The van der Waals surface area contributed by atoms with Gasteiger partial charge in [-0.15, -0.1) is 24.0 Å². The molecule has 1 amide bonds.